The van der Waals surface area contributed by atoms with Crippen LogP contribution in [0.1, 0.15) is 12.0 Å². The number of amides is 1. The van der Waals surface area contributed by atoms with Crippen molar-refractivity contribution in [2.45, 2.75) is 12.8 Å². The molecule has 3 rings (SSSR count). The predicted octanol–water partition coefficient (Wildman–Crippen LogP) is 1.58. The van der Waals surface area contributed by atoms with Crippen LogP contribution in [-0.2, 0) is 16.0 Å². The van der Waals surface area contributed by atoms with Crippen molar-refractivity contribution in [2.24, 2.45) is 0 Å². The Labute approximate surface area is 111 Å². The molecule has 1 amide bonds. The van der Waals surface area contributed by atoms with Crippen LogP contribution in [0.2, 0.25) is 0 Å². The molecule has 0 N–H and O–H groups in total. The van der Waals surface area contributed by atoms with Crippen molar-refractivity contribution in [1.29, 1.82) is 0 Å². The van der Waals surface area contributed by atoms with Crippen molar-refractivity contribution < 1.29 is 9.59 Å². The molecular weight excluding hydrogens is 240 g/mol. The maximum Gasteiger partial charge on any atom is 0.230 e. The quantitative estimate of drug-likeness (QED) is 0.781. The van der Waals surface area contributed by atoms with Crippen LogP contribution >= 0.6 is 0 Å². The number of rotatable bonds is 3. The molecule has 1 saturated heterocycles. The molecule has 1 aromatic carbocycles. The Balaban J connectivity index is 1.71. The number of carbonyl (C=O) groups is 2. The zero-order valence-electron chi connectivity index (χ0n) is 10.5. The van der Waals surface area contributed by atoms with Crippen molar-refractivity contribution in [2.75, 3.05) is 13.1 Å². The number of Topliss-reactive ketones (excluding diaryl/α,β-unsaturated/α-hetero) is 1. The van der Waals surface area contributed by atoms with Gasteiger partial charge in [0.25, 0.3) is 0 Å². The van der Waals surface area contributed by atoms with Crippen LogP contribution in [0.5, 0.6) is 0 Å². The van der Waals surface area contributed by atoms with E-state index >= 15 is 0 Å². The third-order valence-electron chi connectivity index (χ3n) is 3.39. The number of hydrogen-bond acceptors (Lipinski definition) is 3. The van der Waals surface area contributed by atoms with Crippen LogP contribution in [0, 0.1) is 0 Å². The van der Waals surface area contributed by atoms with Crippen molar-refractivity contribution >= 4 is 22.6 Å². The third-order valence-corrected chi connectivity index (χ3v) is 3.39. The number of hydrogen-bond donors (Lipinski definition) is 0. The second-order valence-corrected chi connectivity index (χ2v) is 4.82. The first-order chi connectivity index (χ1) is 9.22. The number of pyridine rings is 1. The summed E-state index contributed by atoms with van der Waals surface area (Å²) >= 11 is 0. The lowest BCUT2D eigenvalue weighted by atomic mass is 10.1. The molecule has 0 unspecified atom stereocenters. The van der Waals surface area contributed by atoms with Gasteiger partial charge < -0.3 is 4.90 Å². The summed E-state index contributed by atoms with van der Waals surface area (Å²) < 4.78 is 0. The molecule has 1 aromatic heterocycles. The molecule has 19 heavy (non-hydrogen) atoms. The summed E-state index contributed by atoms with van der Waals surface area (Å²) in [6, 6.07) is 10.0. The summed E-state index contributed by atoms with van der Waals surface area (Å²) in [5, 5.41) is 1.10. The van der Waals surface area contributed by atoms with E-state index in [1.807, 2.05) is 30.5 Å². The highest BCUT2D eigenvalue weighted by Gasteiger charge is 2.26. The number of para-hydroxylation sites is 1. The number of aromatic nitrogens is 1. The fourth-order valence-electron chi connectivity index (χ4n) is 2.36. The Morgan fingerprint density at radius 2 is 2.05 bits per heavy atom. The second kappa shape index (κ2) is 4.80. The van der Waals surface area contributed by atoms with E-state index in [0.717, 1.165) is 22.9 Å². The molecule has 0 spiro atoms. The number of fused-ring (bicyclic) bond motifs is 1. The summed E-state index contributed by atoms with van der Waals surface area (Å²) in [4.78, 5) is 28.7. The number of ketones is 1. The molecular formula is C15H14N2O2. The number of likely N-dealkylation sites (tertiary alicyclic amines) is 1. The minimum absolute atomic E-state index is 0.0154. The van der Waals surface area contributed by atoms with Crippen LogP contribution in [0.3, 0.4) is 0 Å². The molecule has 96 valence electrons. The van der Waals surface area contributed by atoms with E-state index < -0.39 is 0 Å². The first-order valence-corrected chi connectivity index (χ1v) is 6.35. The molecule has 0 bridgehead atoms. The van der Waals surface area contributed by atoms with Gasteiger partial charge in [0.05, 0.1) is 18.5 Å². The lowest BCUT2D eigenvalue weighted by Gasteiger charge is -2.14. The fourth-order valence-corrected chi connectivity index (χ4v) is 2.36. The molecule has 0 saturated carbocycles. The van der Waals surface area contributed by atoms with Gasteiger partial charge in [0, 0.05) is 18.1 Å². The van der Waals surface area contributed by atoms with Crippen molar-refractivity contribution in [3.63, 3.8) is 0 Å². The summed E-state index contributed by atoms with van der Waals surface area (Å²) in [6.45, 7) is 0.852. The van der Waals surface area contributed by atoms with Crippen LogP contribution < -0.4 is 0 Å². The van der Waals surface area contributed by atoms with E-state index in [2.05, 4.69) is 11.1 Å². The van der Waals surface area contributed by atoms with Crippen molar-refractivity contribution in [3.8, 4) is 0 Å². The van der Waals surface area contributed by atoms with E-state index in [1.165, 1.54) is 0 Å². The molecule has 0 aliphatic carbocycles. The molecule has 2 heterocycles. The predicted molar refractivity (Wildman–Crippen MR) is 71.7 cm³/mol. The zero-order chi connectivity index (χ0) is 13.2. The molecule has 4 nitrogen and oxygen atoms in total. The van der Waals surface area contributed by atoms with Crippen LogP contribution in [0.4, 0.5) is 0 Å². The van der Waals surface area contributed by atoms with Gasteiger partial charge in [-0.3, -0.25) is 14.6 Å². The van der Waals surface area contributed by atoms with Gasteiger partial charge in [-0.2, -0.15) is 0 Å². The smallest absolute Gasteiger partial charge is 0.230 e. The lowest BCUT2D eigenvalue weighted by Crippen LogP contribution is -2.27. The van der Waals surface area contributed by atoms with Gasteiger partial charge >= 0.3 is 0 Å². The van der Waals surface area contributed by atoms with Gasteiger partial charge in [-0.05, 0) is 24.1 Å². The Bertz CT molecular complexity index is 651. The minimum atomic E-state index is -0.0567. The second-order valence-electron chi connectivity index (χ2n) is 4.82. The highest BCUT2D eigenvalue weighted by atomic mass is 16.2. The van der Waals surface area contributed by atoms with E-state index in [0.29, 0.717) is 6.54 Å². The SMILES string of the molecule is O=C1CC(=O)N(CCc2cnc3ccccc3c2)C1. The summed E-state index contributed by atoms with van der Waals surface area (Å²) in [7, 11) is 0. The van der Waals surface area contributed by atoms with Crippen molar-refractivity contribution in [1.82, 2.24) is 9.88 Å². The molecule has 1 fully saturated rings. The van der Waals surface area contributed by atoms with E-state index in [-0.39, 0.29) is 24.7 Å². The van der Waals surface area contributed by atoms with Gasteiger partial charge in [0.2, 0.25) is 5.91 Å². The summed E-state index contributed by atoms with van der Waals surface area (Å²) in [5.41, 5.74) is 2.06. The minimum Gasteiger partial charge on any atom is -0.335 e. The topological polar surface area (TPSA) is 50.3 Å². The lowest BCUT2D eigenvalue weighted by molar-refractivity contribution is -0.127. The Morgan fingerprint density at radius 3 is 2.84 bits per heavy atom. The first kappa shape index (κ1) is 11.8. The Kier molecular flexibility index (Phi) is 2.99. The van der Waals surface area contributed by atoms with Crippen LogP contribution in [0.25, 0.3) is 10.9 Å². The molecule has 1 aliphatic heterocycles. The van der Waals surface area contributed by atoms with Gasteiger partial charge in [-0.25, -0.2) is 0 Å². The Hall–Kier alpha value is -2.23. The number of nitrogens with zero attached hydrogens (tertiary/aromatic N) is 2. The largest absolute Gasteiger partial charge is 0.335 e. The third kappa shape index (κ3) is 2.47. The normalized spacial score (nSPS) is 15.5. The van der Waals surface area contributed by atoms with E-state index in [1.54, 1.807) is 4.90 Å². The maximum absolute atomic E-state index is 11.5. The number of carbonyl (C=O) groups excluding carboxylic acids is 2. The first-order valence-electron chi connectivity index (χ1n) is 6.35. The monoisotopic (exact) mass is 254 g/mol. The molecule has 1 aliphatic rings. The van der Waals surface area contributed by atoms with Crippen LogP contribution in [-0.4, -0.2) is 34.7 Å². The highest BCUT2D eigenvalue weighted by molar-refractivity contribution is 6.05. The molecule has 4 heteroatoms. The zero-order valence-corrected chi connectivity index (χ0v) is 10.5. The van der Waals surface area contributed by atoms with Crippen molar-refractivity contribution in [3.05, 3.63) is 42.1 Å². The Morgan fingerprint density at radius 1 is 1.21 bits per heavy atom. The van der Waals surface area contributed by atoms with Gasteiger partial charge in [0.15, 0.2) is 5.78 Å². The molecule has 0 radical (unpaired) electrons. The standard InChI is InChI=1S/C15H14N2O2/c18-13-8-15(19)17(10-13)6-5-11-7-12-3-1-2-4-14(12)16-9-11/h1-4,7,9H,5-6,8,10H2. The molecule has 0 atom stereocenters. The highest BCUT2D eigenvalue weighted by Crippen LogP contribution is 2.14. The van der Waals surface area contributed by atoms with Gasteiger partial charge in [-0.1, -0.05) is 18.2 Å². The van der Waals surface area contributed by atoms with E-state index in [9.17, 15) is 9.59 Å². The summed E-state index contributed by atoms with van der Waals surface area (Å²) in [5.74, 6) is -0.0413. The summed E-state index contributed by atoms with van der Waals surface area (Å²) in [6.07, 6.45) is 2.64. The van der Waals surface area contributed by atoms with E-state index in [4.69, 9.17) is 0 Å². The maximum atomic E-state index is 11.5. The average molecular weight is 254 g/mol. The molecule has 2 aromatic rings. The fraction of sp³-hybridized carbons (Fsp3) is 0.267. The average Bonchev–Trinajstić information content (AvgIpc) is 2.74. The van der Waals surface area contributed by atoms with Crippen LogP contribution in [0.15, 0.2) is 36.5 Å². The van der Waals surface area contributed by atoms with Gasteiger partial charge in [0.1, 0.15) is 0 Å². The number of benzene rings is 1. The van der Waals surface area contributed by atoms with Gasteiger partial charge in [-0.15, -0.1) is 0 Å².